The number of carbonyl (C=O) groups excluding carboxylic acids is 1. The van der Waals surface area contributed by atoms with Crippen LogP contribution in [-0.2, 0) is 9.53 Å². The normalized spacial score (nSPS) is 11.1. The van der Waals surface area contributed by atoms with Crippen LogP contribution in [-0.4, -0.2) is 19.2 Å². The molecule has 0 N–H and O–H groups in total. The minimum absolute atomic E-state index is 0.0375. The van der Waals surface area contributed by atoms with Crippen molar-refractivity contribution in [2.24, 2.45) is 0 Å². The van der Waals surface area contributed by atoms with Gasteiger partial charge < -0.3 is 9.47 Å². The summed E-state index contributed by atoms with van der Waals surface area (Å²) in [7, 11) is 0. The van der Waals surface area contributed by atoms with Crippen LogP contribution in [0, 0.1) is 11.3 Å². The third-order valence-electron chi connectivity index (χ3n) is 3.30. The molecule has 0 unspecified atom stereocenters. The van der Waals surface area contributed by atoms with Gasteiger partial charge in [0.1, 0.15) is 17.4 Å². The van der Waals surface area contributed by atoms with Crippen molar-refractivity contribution in [3.8, 4) is 11.8 Å². The quantitative estimate of drug-likeness (QED) is 0.458. The zero-order valence-electron chi connectivity index (χ0n) is 13.3. The third-order valence-corrected chi connectivity index (χ3v) is 3.30. The van der Waals surface area contributed by atoms with E-state index in [1.807, 2.05) is 49.4 Å². The Labute approximate surface area is 135 Å². The van der Waals surface area contributed by atoms with Gasteiger partial charge in [-0.2, -0.15) is 5.26 Å². The number of rotatable bonds is 6. The van der Waals surface area contributed by atoms with Crippen LogP contribution in [0.2, 0.25) is 0 Å². The number of hydrogen-bond acceptors (Lipinski definition) is 4. The maximum Gasteiger partial charge on any atom is 0.348 e. The molecule has 23 heavy (non-hydrogen) atoms. The fourth-order valence-corrected chi connectivity index (χ4v) is 2.25. The van der Waals surface area contributed by atoms with E-state index < -0.39 is 5.97 Å². The van der Waals surface area contributed by atoms with Crippen LogP contribution in [0.4, 0.5) is 0 Å². The van der Waals surface area contributed by atoms with E-state index >= 15 is 0 Å². The first-order chi connectivity index (χ1) is 11.2. The maximum absolute atomic E-state index is 11.9. The topological polar surface area (TPSA) is 59.3 Å². The molecule has 0 aliphatic rings. The molecule has 0 heterocycles. The van der Waals surface area contributed by atoms with Crippen LogP contribution < -0.4 is 4.74 Å². The Kier molecular flexibility index (Phi) is 5.76. The highest BCUT2D eigenvalue weighted by molar-refractivity contribution is 6.02. The van der Waals surface area contributed by atoms with Crippen molar-refractivity contribution in [3.05, 3.63) is 47.5 Å². The highest BCUT2D eigenvalue weighted by Gasteiger charge is 2.14. The number of carbonyl (C=O) groups is 1. The monoisotopic (exact) mass is 309 g/mol. The molecule has 2 aromatic rings. The van der Waals surface area contributed by atoms with E-state index in [4.69, 9.17) is 9.47 Å². The Morgan fingerprint density at radius 2 is 2.00 bits per heavy atom. The molecule has 0 radical (unpaired) electrons. The lowest BCUT2D eigenvalue weighted by atomic mass is 10.0. The molecule has 0 atom stereocenters. The molecule has 0 amide bonds. The fourth-order valence-electron chi connectivity index (χ4n) is 2.25. The molecule has 0 fully saturated rings. The van der Waals surface area contributed by atoms with Gasteiger partial charge in [-0.05, 0) is 36.3 Å². The van der Waals surface area contributed by atoms with E-state index in [1.54, 1.807) is 13.0 Å². The molecule has 2 aromatic carbocycles. The molecule has 0 spiro atoms. The van der Waals surface area contributed by atoms with E-state index in [0.29, 0.717) is 12.4 Å². The average Bonchev–Trinajstić information content (AvgIpc) is 2.58. The molecule has 0 aliphatic heterocycles. The van der Waals surface area contributed by atoms with Crippen LogP contribution in [0.5, 0.6) is 5.75 Å². The Morgan fingerprint density at radius 3 is 2.70 bits per heavy atom. The number of fused-ring (bicyclic) bond motifs is 1. The summed E-state index contributed by atoms with van der Waals surface area (Å²) >= 11 is 0. The summed E-state index contributed by atoms with van der Waals surface area (Å²) in [4.78, 5) is 11.9. The first kappa shape index (κ1) is 16.6. The Balaban J connectivity index is 2.59. The van der Waals surface area contributed by atoms with Gasteiger partial charge in [-0.25, -0.2) is 4.79 Å². The molecule has 0 bridgehead atoms. The predicted octanol–water partition coefficient (Wildman–Crippen LogP) is 4.10. The molecule has 0 saturated heterocycles. The van der Waals surface area contributed by atoms with E-state index in [9.17, 15) is 10.1 Å². The fraction of sp³-hybridized carbons (Fsp3) is 0.263. The molecule has 118 valence electrons. The minimum Gasteiger partial charge on any atom is -0.493 e. The second-order valence-electron chi connectivity index (χ2n) is 4.94. The summed E-state index contributed by atoms with van der Waals surface area (Å²) < 4.78 is 10.7. The molecule has 4 heteroatoms. The van der Waals surface area contributed by atoms with Crippen molar-refractivity contribution in [2.75, 3.05) is 13.2 Å². The molecule has 2 rings (SSSR count). The second kappa shape index (κ2) is 8.00. The summed E-state index contributed by atoms with van der Waals surface area (Å²) in [5.41, 5.74) is 0.686. The van der Waals surface area contributed by atoms with Crippen LogP contribution in [0.1, 0.15) is 25.8 Å². The van der Waals surface area contributed by atoms with Crippen molar-refractivity contribution < 1.29 is 14.3 Å². The summed E-state index contributed by atoms with van der Waals surface area (Å²) in [5, 5.41) is 11.2. The van der Waals surface area contributed by atoms with Gasteiger partial charge in [0.25, 0.3) is 0 Å². The van der Waals surface area contributed by atoms with Crippen molar-refractivity contribution in [2.45, 2.75) is 20.3 Å². The lowest BCUT2D eigenvalue weighted by Crippen LogP contribution is -2.06. The van der Waals surface area contributed by atoms with Gasteiger partial charge in [0.2, 0.25) is 0 Å². The summed E-state index contributed by atoms with van der Waals surface area (Å²) in [6, 6.07) is 13.5. The highest BCUT2D eigenvalue weighted by Crippen LogP contribution is 2.30. The van der Waals surface area contributed by atoms with Crippen molar-refractivity contribution in [3.63, 3.8) is 0 Å². The predicted molar refractivity (Wildman–Crippen MR) is 90.0 cm³/mol. The smallest absolute Gasteiger partial charge is 0.348 e. The maximum atomic E-state index is 11.9. The molecule has 0 aromatic heterocycles. The SMILES string of the molecule is CCCOc1ccc2ccccc2c1/C=C(/C#N)C(=O)OCC. The molecular weight excluding hydrogens is 290 g/mol. The lowest BCUT2D eigenvalue weighted by Gasteiger charge is -2.12. The zero-order chi connectivity index (χ0) is 16.7. The first-order valence-electron chi connectivity index (χ1n) is 7.64. The number of nitriles is 1. The molecule has 0 aliphatic carbocycles. The number of nitrogens with zero attached hydrogens (tertiary/aromatic N) is 1. The largest absolute Gasteiger partial charge is 0.493 e. The van der Waals surface area contributed by atoms with Gasteiger partial charge in [-0.3, -0.25) is 0 Å². The first-order valence-corrected chi connectivity index (χ1v) is 7.64. The van der Waals surface area contributed by atoms with Crippen LogP contribution in [0.15, 0.2) is 42.0 Å². The molecular formula is C19H19NO3. The summed E-state index contributed by atoms with van der Waals surface area (Å²) in [5.74, 6) is 0.0342. The lowest BCUT2D eigenvalue weighted by molar-refractivity contribution is -0.137. The Hall–Kier alpha value is -2.80. The minimum atomic E-state index is -0.621. The van der Waals surface area contributed by atoms with E-state index in [-0.39, 0.29) is 12.2 Å². The molecule has 4 nitrogen and oxygen atoms in total. The van der Waals surface area contributed by atoms with Crippen LogP contribution in [0.3, 0.4) is 0 Å². The van der Waals surface area contributed by atoms with Crippen molar-refractivity contribution in [1.29, 1.82) is 5.26 Å². The Morgan fingerprint density at radius 1 is 1.22 bits per heavy atom. The summed E-state index contributed by atoms with van der Waals surface area (Å²) in [6.45, 7) is 4.53. The second-order valence-corrected chi connectivity index (χ2v) is 4.94. The average molecular weight is 309 g/mol. The van der Waals surface area contributed by atoms with Gasteiger partial charge in [0.15, 0.2) is 0 Å². The van der Waals surface area contributed by atoms with Crippen molar-refractivity contribution in [1.82, 2.24) is 0 Å². The summed E-state index contributed by atoms with van der Waals surface area (Å²) in [6.07, 6.45) is 2.42. The molecule has 0 saturated carbocycles. The Bertz CT molecular complexity index is 772. The number of benzene rings is 2. The van der Waals surface area contributed by atoms with Gasteiger partial charge in [0.05, 0.1) is 13.2 Å². The number of hydrogen-bond donors (Lipinski definition) is 0. The van der Waals surface area contributed by atoms with Gasteiger partial charge >= 0.3 is 5.97 Å². The van der Waals surface area contributed by atoms with Crippen LogP contribution >= 0.6 is 0 Å². The van der Waals surface area contributed by atoms with E-state index in [2.05, 4.69) is 0 Å². The standard InChI is InChI=1S/C19H19NO3/c1-3-11-23-18-10-9-14-7-5-6-8-16(14)17(18)12-15(13-20)19(21)22-4-2/h5-10,12H,3-4,11H2,1-2H3/b15-12-. The van der Waals surface area contributed by atoms with Crippen LogP contribution in [0.25, 0.3) is 16.8 Å². The van der Waals surface area contributed by atoms with Crippen molar-refractivity contribution >= 4 is 22.8 Å². The zero-order valence-corrected chi connectivity index (χ0v) is 13.3. The number of ether oxygens (including phenoxy) is 2. The van der Waals surface area contributed by atoms with Gasteiger partial charge in [0, 0.05) is 5.56 Å². The highest BCUT2D eigenvalue weighted by atomic mass is 16.5. The van der Waals surface area contributed by atoms with E-state index in [1.165, 1.54) is 0 Å². The van der Waals surface area contributed by atoms with Gasteiger partial charge in [-0.1, -0.05) is 37.3 Å². The van der Waals surface area contributed by atoms with Gasteiger partial charge in [-0.15, -0.1) is 0 Å². The third kappa shape index (κ3) is 3.89. The van der Waals surface area contributed by atoms with E-state index in [0.717, 1.165) is 22.8 Å². The number of esters is 1.